The van der Waals surface area contributed by atoms with Crippen LogP contribution in [0.15, 0.2) is 0 Å². The monoisotopic (exact) mass is 101 g/mol. The van der Waals surface area contributed by atoms with Gasteiger partial charge in [-0.25, -0.2) is 0 Å². The van der Waals surface area contributed by atoms with E-state index < -0.39 is 0 Å². The quantitative estimate of drug-likeness (QED) is 0.477. The van der Waals surface area contributed by atoms with Gasteiger partial charge < -0.3 is 10.8 Å². The Labute approximate surface area is 43.3 Å². The molecule has 2 atom stereocenters. The molecule has 1 saturated carbocycles. The van der Waals surface area contributed by atoms with Gasteiger partial charge in [-0.2, -0.15) is 0 Å². The second-order valence-electron chi connectivity index (χ2n) is 2.18. The molecule has 0 aromatic carbocycles. The zero-order valence-corrected chi connectivity index (χ0v) is 4.30. The van der Waals surface area contributed by atoms with Crippen molar-refractivity contribution < 1.29 is 5.11 Å². The fourth-order valence-corrected chi connectivity index (χ4v) is 0.821. The Morgan fingerprint density at radius 2 is 2.29 bits per heavy atom. The summed E-state index contributed by atoms with van der Waals surface area (Å²) in [5, 5.41) is 8.48. The lowest BCUT2D eigenvalue weighted by molar-refractivity contribution is 0.138. The van der Waals surface area contributed by atoms with Crippen LogP contribution >= 0.6 is 0 Å². The third kappa shape index (κ3) is 0.763. The predicted molar refractivity (Wildman–Crippen MR) is 27.8 cm³/mol. The minimum absolute atomic E-state index is 0.279. The van der Waals surface area contributed by atoms with Crippen LogP contribution in [-0.4, -0.2) is 17.8 Å². The van der Waals surface area contributed by atoms with Crippen LogP contribution in [0.25, 0.3) is 0 Å². The molecule has 1 rings (SSSR count). The molecule has 0 radical (unpaired) electrons. The number of aliphatic hydroxyl groups is 1. The SMILES string of the molecule is NC1CCC1CO. The molecule has 2 unspecified atom stereocenters. The highest BCUT2D eigenvalue weighted by Crippen LogP contribution is 2.23. The first-order valence-corrected chi connectivity index (χ1v) is 2.71. The van der Waals surface area contributed by atoms with E-state index in [1.54, 1.807) is 0 Å². The highest BCUT2D eigenvalue weighted by Gasteiger charge is 2.25. The van der Waals surface area contributed by atoms with Crippen molar-refractivity contribution in [3.63, 3.8) is 0 Å². The number of aliphatic hydroxyl groups excluding tert-OH is 1. The van der Waals surface area contributed by atoms with E-state index in [-0.39, 0.29) is 6.61 Å². The third-order valence-electron chi connectivity index (χ3n) is 1.71. The van der Waals surface area contributed by atoms with Gasteiger partial charge in [-0.05, 0) is 18.8 Å². The molecule has 0 aromatic heterocycles. The summed E-state index contributed by atoms with van der Waals surface area (Å²) in [7, 11) is 0. The van der Waals surface area contributed by atoms with E-state index in [0.717, 1.165) is 12.8 Å². The Kier molecular flexibility index (Phi) is 1.30. The molecule has 42 valence electrons. The average Bonchev–Trinajstić information content (AvgIpc) is 1.65. The molecule has 0 bridgehead atoms. The maximum absolute atomic E-state index is 8.48. The van der Waals surface area contributed by atoms with Crippen molar-refractivity contribution in [2.24, 2.45) is 11.7 Å². The summed E-state index contributed by atoms with van der Waals surface area (Å²) in [4.78, 5) is 0. The van der Waals surface area contributed by atoms with E-state index in [1.165, 1.54) is 0 Å². The normalized spacial score (nSPS) is 40.3. The van der Waals surface area contributed by atoms with Crippen LogP contribution in [0.5, 0.6) is 0 Å². The van der Waals surface area contributed by atoms with Crippen molar-refractivity contribution in [2.75, 3.05) is 6.61 Å². The van der Waals surface area contributed by atoms with E-state index in [4.69, 9.17) is 10.8 Å². The van der Waals surface area contributed by atoms with Crippen LogP contribution < -0.4 is 5.73 Å². The molecular formula is C5H11NO. The van der Waals surface area contributed by atoms with Crippen molar-refractivity contribution in [2.45, 2.75) is 18.9 Å². The molecule has 7 heavy (non-hydrogen) atoms. The van der Waals surface area contributed by atoms with Crippen molar-refractivity contribution in [1.82, 2.24) is 0 Å². The third-order valence-corrected chi connectivity index (χ3v) is 1.71. The van der Waals surface area contributed by atoms with Gasteiger partial charge in [-0.3, -0.25) is 0 Å². The zero-order chi connectivity index (χ0) is 5.28. The summed E-state index contributed by atoms with van der Waals surface area (Å²) in [5.74, 6) is 0.417. The van der Waals surface area contributed by atoms with E-state index >= 15 is 0 Å². The van der Waals surface area contributed by atoms with Crippen molar-refractivity contribution in [3.8, 4) is 0 Å². The second kappa shape index (κ2) is 1.80. The smallest absolute Gasteiger partial charge is 0.0474 e. The summed E-state index contributed by atoms with van der Waals surface area (Å²) >= 11 is 0. The maximum Gasteiger partial charge on any atom is 0.0474 e. The first-order chi connectivity index (χ1) is 3.34. The van der Waals surface area contributed by atoms with Gasteiger partial charge in [0, 0.05) is 12.6 Å². The molecule has 0 spiro atoms. The second-order valence-corrected chi connectivity index (χ2v) is 2.18. The van der Waals surface area contributed by atoms with E-state index in [2.05, 4.69) is 0 Å². The van der Waals surface area contributed by atoms with Crippen LogP contribution in [0, 0.1) is 5.92 Å². The van der Waals surface area contributed by atoms with Gasteiger partial charge in [0.15, 0.2) is 0 Å². The standard InChI is InChI=1S/C5H11NO/c6-5-2-1-4(5)3-7/h4-5,7H,1-3,6H2. The van der Waals surface area contributed by atoms with Crippen molar-refractivity contribution >= 4 is 0 Å². The highest BCUT2D eigenvalue weighted by atomic mass is 16.3. The van der Waals surface area contributed by atoms with Crippen molar-refractivity contribution in [1.29, 1.82) is 0 Å². The van der Waals surface area contributed by atoms with E-state index in [9.17, 15) is 0 Å². The lowest BCUT2D eigenvalue weighted by atomic mass is 9.81. The lowest BCUT2D eigenvalue weighted by Gasteiger charge is -2.31. The molecule has 0 saturated heterocycles. The summed E-state index contributed by atoms with van der Waals surface area (Å²) in [6, 6.07) is 0.296. The zero-order valence-electron chi connectivity index (χ0n) is 4.30. The molecule has 0 heterocycles. The molecule has 3 N–H and O–H groups in total. The minimum Gasteiger partial charge on any atom is -0.396 e. The fraction of sp³-hybridized carbons (Fsp3) is 1.00. The molecular weight excluding hydrogens is 90.1 g/mol. The fourth-order valence-electron chi connectivity index (χ4n) is 0.821. The van der Waals surface area contributed by atoms with Gasteiger partial charge >= 0.3 is 0 Å². The Morgan fingerprint density at radius 1 is 1.57 bits per heavy atom. The maximum atomic E-state index is 8.48. The molecule has 0 aliphatic heterocycles. The van der Waals surface area contributed by atoms with Gasteiger partial charge in [-0.15, -0.1) is 0 Å². The predicted octanol–water partition coefficient (Wildman–Crippen LogP) is -0.284. The van der Waals surface area contributed by atoms with Gasteiger partial charge in [0.05, 0.1) is 0 Å². The van der Waals surface area contributed by atoms with E-state index in [0.29, 0.717) is 12.0 Å². The Balaban J connectivity index is 2.16. The topological polar surface area (TPSA) is 46.2 Å². The van der Waals surface area contributed by atoms with Crippen LogP contribution in [-0.2, 0) is 0 Å². The summed E-state index contributed by atoms with van der Waals surface area (Å²) in [6.07, 6.45) is 2.23. The molecule has 0 aromatic rings. The molecule has 1 fully saturated rings. The summed E-state index contributed by atoms with van der Waals surface area (Å²) < 4.78 is 0. The summed E-state index contributed by atoms with van der Waals surface area (Å²) in [5.41, 5.74) is 5.47. The summed E-state index contributed by atoms with van der Waals surface area (Å²) in [6.45, 7) is 0.279. The Bertz CT molecular complexity index is 63.1. The van der Waals surface area contributed by atoms with Gasteiger partial charge in [0.1, 0.15) is 0 Å². The lowest BCUT2D eigenvalue weighted by Crippen LogP contribution is -2.41. The molecule has 0 amide bonds. The Hall–Kier alpha value is -0.0800. The Morgan fingerprint density at radius 3 is 2.29 bits per heavy atom. The first-order valence-electron chi connectivity index (χ1n) is 2.71. The van der Waals surface area contributed by atoms with Crippen LogP contribution in [0.1, 0.15) is 12.8 Å². The van der Waals surface area contributed by atoms with Gasteiger partial charge in [0.2, 0.25) is 0 Å². The van der Waals surface area contributed by atoms with Crippen molar-refractivity contribution in [3.05, 3.63) is 0 Å². The highest BCUT2D eigenvalue weighted by molar-refractivity contribution is 4.82. The first kappa shape index (κ1) is 5.06. The number of nitrogens with two attached hydrogens (primary N) is 1. The number of rotatable bonds is 1. The van der Waals surface area contributed by atoms with Crippen LogP contribution in [0.3, 0.4) is 0 Å². The van der Waals surface area contributed by atoms with E-state index in [1.807, 2.05) is 0 Å². The minimum atomic E-state index is 0.279. The molecule has 1 aliphatic carbocycles. The van der Waals surface area contributed by atoms with Gasteiger partial charge in [-0.1, -0.05) is 0 Å². The largest absolute Gasteiger partial charge is 0.396 e. The molecule has 1 aliphatic rings. The average molecular weight is 101 g/mol. The number of hydrogen-bond acceptors (Lipinski definition) is 2. The van der Waals surface area contributed by atoms with Crippen LogP contribution in [0.4, 0.5) is 0 Å². The molecule has 2 heteroatoms. The van der Waals surface area contributed by atoms with Gasteiger partial charge in [0.25, 0.3) is 0 Å². The number of hydrogen-bond donors (Lipinski definition) is 2. The van der Waals surface area contributed by atoms with Crippen LogP contribution in [0.2, 0.25) is 0 Å². The molecule has 2 nitrogen and oxygen atoms in total.